The third-order valence-electron chi connectivity index (χ3n) is 5.48. The summed E-state index contributed by atoms with van der Waals surface area (Å²) < 4.78 is 0. The number of amides is 2. The van der Waals surface area contributed by atoms with Crippen LogP contribution in [0.3, 0.4) is 0 Å². The Bertz CT molecular complexity index is 670. The van der Waals surface area contributed by atoms with E-state index in [0.717, 1.165) is 45.6 Å². The van der Waals surface area contributed by atoms with Crippen LogP contribution >= 0.6 is 0 Å². The van der Waals surface area contributed by atoms with Gasteiger partial charge < -0.3 is 15.1 Å². The van der Waals surface area contributed by atoms with E-state index in [1.165, 1.54) is 12.5 Å². The molecule has 1 aromatic rings. The second-order valence-corrected chi connectivity index (χ2v) is 8.19. The summed E-state index contributed by atoms with van der Waals surface area (Å²) >= 11 is 0. The highest BCUT2D eigenvalue weighted by Gasteiger charge is 2.23. The van der Waals surface area contributed by atoms with Crippen LogP contribution in [-0.4, -0.2) is 53.5 Å². The van der Waals surface area contributed by atoms with Gasteiger partial charge in [0.15, 0.2) is 0 Å². The Balaban J connectivity index is 1.80. The fraction of sp³-hybridized carbons (Fsp3) is 0.667. The van der Waals surface area contributed by atoms with Crippen molar-refractivity contribution >= 4 is 17.4 Å². The zero-order valence-corrected chi connectivity index (χ0v) is 17.6. The van der Waals surface area contributed by atoms with Crippen LogP contribution < -0.4 is 5.32 Å². The number of rotatable bonds is 8. The van der Waals surface area contributed by atoms with Gasteiger partial charge in [-0.2, -0.15) is 0 Å². The Morgan fingerprint density at radius 2 is 2.04 bits per heavy atom. The summed E-state index contributed by atoms with van der Waals surface area (Å²) in [4.78, 5) is 27.5. The van der Waals surface area contributed by atoms with E-state index in [1.807, 2.05) is 4.90 Å². The molecule has 0 atom stereocenters. The van der Waals surface area contributed by atoms with Crippen molar-refractivity contribution in [3.63, 3.8) is 0 Å². The van der Waals surface area contributed by atoms with Gasteiger partial charge in [0.2, 0.25) is 0 Å². The standard InChI is InChI=1S/C21H34N4O3/c1-5-23(15-16(2)3)11-8-18-9-12-24(13-10-18)21(26)22-19-7-6-17(4)20(14-19)25(27)28/h6-7,14,16,18H,5,8-13,15H2,1-4H3,(H,22,26). The van der Waals surface area contributed by atoms with E-state index in [2.05, 4.69) is 31.0 Å². The monoisotopic (exact) mass is 390 g/mol. The first-order valence-corrected chi connectivity index (χ1v) is 10.3. The Hall–Kier alpha value is -2.15. The van der Waals surface area contributed by atoms with Crippen molar-refractivity contribution in [3.05, 3.63) is 33.9 Å². The average Bonchev–Trinajstić information content (AvgIpc) is 2.66. The Morgan fingerprint density at radius 3 is 2.61 bits per heavy atom. The fourth-order valence-electron chi connectivity index (χ4n) is 3.77. The summed E-state index contributed by atoms with van der Waals surface area (Å²) in [5, 5.41) is 13.9. The van der Waals surface area contributed by atoms with E-state index in [4.69, 9.17) is 0 Å². The lowest BCUT2D eigenvalue weighted by Crippen LogP contribution is -2.41. The number of anilines is 1. The number of nitrogens with zero attached hydrogens (tertiary/aromatic N) is 3. The topological polar surface area (TPSA) is 78.7 Å². The third kappa shape index (κ3) is 6.48. The number of nitrogens with one attached hydrogen (secondary N) is 1. The fourth-order valence-corrected chi connectivity index (χ4v) is 3.77. The lowest BCUT2D eigenvalue weighted by atomic mass is 9.93. The molecule has 1 saturated heterocycles. The molecular formula is C21H34N4O3. The summed E-state index contributed by atoms with van der Waals surface area (Å²) in [6, 6.07) is 4.62. The molecule has 2 amide bonds. The van der Waals surface area contributed by atoms with Crippen molar-refractivity contribution in [3.8, 4) is 0 Å². The number of carbonyl (C=O) groups is 1. The van der Waals surface area contributed by atoms with Gasteiger partial charge in [-0.3, -0.25) is 10.1 Å². The van der Waals surface area contributed by atoms with Crippen molar-refractivity contribution < 1.29 is 9.72 Å². The summed E-state index contributed by atoms with van der Waals surface area (Å²) in [5.41, 5.74) is 1.08. The SMILES string of the molecule is CCN(CCC1CCN(C(=O)Nc2ccc(C)c([N+](=O)[O-])c2)CC1)CC(C)C. The molecule has 1 aromatic carbocycles. The number of urea groups is 1. The van der Waals surface area contributed by atoms with Gasteiger partial charge in [-0.25, -0.2) is 4.79 Å². The van der Waals surface area contributed by atoms with Crippen LogP contribution in [0.5, 0.6) is 0 Å². The van der Waals surface area contributed by atoms with E-state index >= 15 is 0 Å². The van der Waals surface area contributed by atoms with E-state index < -0.39 is 4.92 Å². The molecule has 1 fully saturated rings. The summed E-state index contributed by atoms with van der Waals surface area (Å²) in [6.45, 7) is 13.2. The maximum absolute atomic E-state index is 12.5. The molecule has 28 heavy (non-hydrogen) atoms. The molecule has 0 unspecified atom stereocenters. The van der Waals surface area contributed by atoms with Gasteiger partial charge in [0.05, 0.1) is 4.92 Å². The lowest BCUT2D eigenvalue weighted by molar-refractivity contribution is -0.385. The highest BCUT2D eigenvalue weighted by atomic mass is 16.6. The van der Waals surface area contributed by atoms with Gasteiger partial charge in [-0.1, -0.05) is 26.8 Å². The second-order valence-electron chi connectivity index (χ2n) is 8.19. The number of benzene rings is 1. The highest BCUT2D eigenvalue weighted by Crippen LogP contribution is 2.24. The van der Waals surface area contributed by atoms with Crippen LogP contribution in [0.25, 0.3) is 0 Å². The smallest absolute Gasteiger partial charge is 0.321 e. The Morgan fingerprint density at radius 1 is 1.36 bits per heavy atom. The number of hydrogen-bond donors (Lipinski definition) is 1. The van der Waals surface area contributed by atoms with Gasteiger partial charge in [-0.15, -0.1) is 0 Å². The van der Waals surface area contributed by atoms with Crippen LogP contribution in [0.15, 0.2) is 18.2 Å². The van der Waals surface area contributed by atoms with Gasteiger partial charge >= 0.3 is 6.03 Å². The van der Waals surface area contributed by atoms with Crippen LogP contribution in [0, 0.1) is 28.9 Å². The molecule has 1 aliphatic heterocycles. The van der Waals surface area contributed by atoms with Crippen molar-refractivity contribution in [2.24, 2.45) is 11.8 Å². The summed E-state index contributed by atoms with van der Waals surface area (Å²) in [6.07, 6.45) is 3.21. The van der Waals surface area contributed by atoms with Crippen LogP contribution in [0.2, 0.25) is 0 Å². The molecule has 156 valence electrons. The molecule has 0 bridgehead atoms. The summed E-state index contributed by atoms with van der Waals surface area (Å²) in [5.74, 6) is 1.34. The molecule has 1 aliphatic rings. The molecule has 1 N–H and O–H groups in total. The number of nitro groups is 1. The predicted octanol–water partition coefficient (Wildman–Crippen LogP) is 4.52. The van der Waals surface area contributed by atoms with Gasteiger partial charge in [-0.05, 0) is 57.2 Å². The number of nitro benzene ring substituents is 1. The Kier molecular flexibility index (Phi) is 8.23. The Labute approximate surface area is 168 Å². The molecule has 0 radical (unpaired) electrons. The zero-order chi connectivity index (χ0) is 20.7. The maximum Gasteiger partial charge on any atom is 0.321 e. The zero-order valence-electron chi connectivity index (χ0n) is 17.6. The number of aryl methyl sites for hydroxylation is 1. The minimum Gasteiger partial charge on any atom is -0.325 e. The van der Waals surface area contributed by atoms with Crippen molar-refractivity contribution in [1.82, 2.24) is 9.80 Å². The lowest BCUT2D eigenvalue weighted by Gasteiger charge is -2.33. The second kappa shape index (κ2) is 10.4. The largest absolute Gasteiger partial charge is 0.325 e. The molecule has 7 heteroatoms. The number of carbonyl (C=O) groups excluding carboxylic acids is 1. The first kappa shape index (κ1) is 22.1. The first-order chi connectivity index (χ1) is 13.3. The van der Waals surface area contributed by atoms with Crippen LogP contribution in [0.1, 0.15) is 45.6 Å². The molecule has 2 rings (SSSR count). The van der Waals surface area contributed by atoms with Crippen LogP contribution in [0.4, 0.5) is 16.2 Å². The minimum atomic E-state index is -0.421. The molecule has 0 spiro atoms. The minimum absolute atomic E-state index is 0.0263. The van der Waals surface area contributed by atoms with Crippen molar-refractivity contribution in [1.29, 1.82) is 0 Å². The molecule has 0 saturated carbocycles. The van der Waals surface area contributed by atoms with Crippen LogP contribution in [-0.2, 0) is 0 Å². The van der Waals surface area contributed by atoms with Crippen molar-refractivity contribution in [2.75, 3.05) is 38.0 Å². The number of hydrogen-bond acceptors (Lipinski definition) is 4. The van der Waals surface area contributed by atoms with Gasteiger partial charge in [0, 0.05) is 37.0 Å². The first-order valence-electron chi connectivity index (χ1n) is 10.3. The molecule has 1 heterocycles. The summed E-state index contributed by atoms with van der Waals surface area (Å²) in [7, 11) is 0. The average molecular weight is 391 g/mol. The predicted molar refractivity (Wildman–Crippen MR) is 113 cm³/mol. The molecule has 7 nitrogen and oxygen atoms in total. The molecule has 0 aliphatic carbocycles. The number of likely N-dealkylation sites (tertiary alicyclic amines) is 1. The van der Waals surface area contributed by atoms with Crippen molar-refractivity contribution in [2.45, 2.75) is 47.0 Å². The molecule has 0 aromatic heterocycles. The third-order valence-corrected chi connectivity index (χ3v) is 5.48. The van der Waals surface area contributed by atoms with E-state index in [9.17, 15) is 14.9 Å². The maximum atomic E-state index is 12.5. The quantitative estimate of drug-likeness (QED) is 0.523. The van der Waals surface area contributed by atoms with Gasteiger partial charge in [0.25, 0.3) is 5.69 Å². The molecular weight excluding hydrogens is 356 g/mol. The number of piperidine rings is 1. The van der Waals surface area contributed by atoms with E-state index in [1.54, 1.807) is 19.1 Å². The van der Waals surface area contributed by atoms with Gasteiger partial charge in [0.1, 0.15) is 0 Å². The van der Waals surface area contributed by atoms with E-state index in [-0.39, 0.29) is 11.7 Å². The highest BCUT2D eigenvalue weighted by molar-refractivity contribution is 5.89. The normalized spacial score (nSPS) is 15.3. The van der Waals surface area contributed by atoms with E-state index in [0.29, 0.717) is 23.1 Å².